The number of ether oxygens (including phenoxy) is 1. The Morgan fingerprint density at radius 2 is 2.22 bits per heavy atom. The summed E-state index contributed by atoms with van der Waals surface area (Å²) in [5.41, 5.74) is 1.33. The van der Waals surface area contributed by atoms with E-state index in [9.17, 15) is 4.39 Å². The first-order valence-electron chi connectivity index (χ1n) is 5.26. The van der Waals surface area contributed by atoms with Crippen LogP contribution in [0.5, 0.6) is 5.75 Å². The van der Waals surface area contributed by atoms with Crippen LogP contribution in [0, 0.1) is 17.1 Å². The topological polar surface area (TPSA) is 58.8 Å². The van der Waals surface area contributed by atoms with E-state index < -0.39 is 5.82 Å². The molecular weight excluding hydrogens is 233 g/mol. The Morgan fingerprint density at radius 3 is 2.83 bits per heavy atom. The summed E-state index contributed by atoms with van der Waals surface area (Å²) >= 11 is 0. The average molecular weight is 243 g/mol. The van der Waals surface area contributed by atoms with Crippen molar-refractivity contribution in [2.45, 2.75) is 6.42 Å². The number of rotatable bonds is 3. The second kappa shape index (κ2) is 5.23. The normalized spacial score (nSPS) is 9.83. The van der Waals surface area contributed by atoms with E-state index in [1.807, 2.05) is 0 Å². The van der Waals surface area contributed by atoms with Gasteiger partial charge in [-0.2, -0.15) is 5.26 Å². The molecule has 0 N–H and O–H groups in total. The number of hydrogen-bond acceptors (Lipinski definition) is 4. The molecule has 18 heavy (non-hydrogen) atoms. The molecule has 0 aliphatic heterocycles. The molecule has 0 saturated heterocycles. The maximum atomic E-state index is 13.7. The molecule has 2 aromatic rings. The van der Waals surface area contributed by atoms with Crippen LogP contribution in [0.1, 0.15) is 16.8 Å². The van der Waals surface area contributed by atoms with Crippen LogP contribution in [-0.4, -0.2) is 17.1 Å². The largest absolute Gasteiger partial charge is 0.495 e. The lowest BCUT2D eigenvalue weighted by atomic mass is 10.1. The lowest BCUT2D eigenvalue weighted by Crippen LogP contribution is -1.98. The van der Waals surface area contributed by atoms with Gasteiger partial charge in [0.1, 0.15) is 23.2 Å². The molecule has 1 aromatic heterocycles. The van der Waals surface area contributed by atoms with Crippen molar-refractivity contribution < 1.29 is 9.13 Å². The third kappa shape index (κ3) is 2.43. The molecule has 0 fully saturated rings. The van der Waals surface area contributed by atoms with E-state index >= 15 is 0 Å². The third-order valence-electron chi connectivity index (χ3n) is 2.45. The van der Waals surface area contributed by atoms with Gasteiger partial charge in [0.2, 0.25) is 0 Å². The Kier molecular flexibility index (Phi) is 3.49. The molecule has 0 bridgehead atoms. The summed E-state index contributed by atoms with van der Waals surface area (Å²) in [6, 6.07) is 4.73. The quantitative estimate of drug-likeness (QED) is 0.828. The first-order chi connectivity index (χ1) is 8.74. The number of nitrogens with zero attached hydrogens (tertiary/aromatic N) is 3. The highest BCUT2D eigenvalue weighted by atomic mass is 19.1. The standard InChI is InChI=1S/C13H10FN3O/c1-18-13-6-9(5-12(14)11(13)7-15)4-10-8-16-2-3-17-10/h2-3,5-6,8H,4H2,1H3. The van der Waals surface area contributed by atoms with E-state index in [0.29, 0.717) is 12.0 Å². The molecule has 2 rings (SSSR count). The van der Waals surface area contributed by atoms with Crippen molar-refractivity contribution in [3.05, 3.63) is 53.4 Å². The summed E-state index contributed by atoms with van der Waals surface area (Å²) in [7, 11) is 1.40. The highest BCUT2D eigenvalue weighted by Crippen LogP contribution is 2.23. The van der Waals surface area contributed by atoms with Gasteiger partial charge in [0.15, 0.2) is 0 Å². The predicted octanol–water partition coefficient (Wildman–Crippen LogP) is 2.09. The highest BCUT2D eigenvalue weighted by Gasteiger charge is 2.11. The molecular formula is C13H10FN3O. The van der Waals surface area contributed by atoms with Crippen LogP contribution in [0.25, 0.3) is 0 Å². The minimum absolute atomic E-state index is 0.0830. The summed E-state index contributed by atoms with van der Waals surface area (Å²) in [5.74, 6) is -0.355. The fourth-order valence-electron chi connectivity index (χ4n) is 1.64. The number of methoxy groups -OCH3 is 1. The third-order valence-corrected chi connectivity index (χ3v) is 2.45. The van der Waals surface area contributed by atoms with Crippen molar-refractivity contribution in [3.8, 4) is 11.8 Å². The van der Waals surface area contributed by atoms with Crippen LogP contribution in [0.3, 0.4) is 0 Å². The second-order valence-corrected chi connectivity index (χ2v) is 3.64. The molecule has 1 heterocycles. The molecule has 0 radical (unpaired) electrons. The zero-order valence-electron chi connectivity index (χ0n) is 9.72. The first-order valence-corrected chi connectivity index (χ1v) is 5.26. The lowest BCUT2D eigenvalue weighted by molar-refractivity contribution is 0.409. The van der Waals surface area contributed by atoms with Crippen LogP contribution >= 0.6 is 0 Å². The van der Waals surface area contributed by atoms with Crippen molar-refractivity contribution in [1.82, 2.24) is 9.97 Å². The Labute approximate surface area is 104 Å². The summed E-state index contributed by atoms with van der Waals surface area (Å²) in [6.45, 7) is 0. The van der Waals surface area contributed by atoms with Crippen molar-refractivity contribution in [2.75, 3.05) is 7.11 Å². The molecule has 0 unspecified atom stereocenters. The summed E-state index contributed by atoms with van der Waals surface area (Å²) < 4.78 is 18.7. The fourth-order valence-corrected chi connectivity index (χ4v) is 1.64. The molecule has 0 saturated carbocycles. The summed E-state index contributed by atoms with van der Waals surface area (Å²) in [4.78, 5) is 8.05. The van der Waals surface area contributed by atoms with Gasteiger partial charge < -0.3 is 4.74 Å². The van der Waals surface area contributed by atoms with Crippen molar-refractivity contribution >= 4 is 0 Å². The van der Waals surface area contributed by atoms with Gasteiger partial charge >= 0.3 is 0 Å². The minimum Gasteiger partial charge on any atom is -0.495 e. The van der Waals surface area contributed by atoms with E-state index in [4.69, 9.17) is 10.00 Å². The Balaban J connectivity index is 2.36. The molecule has 0 amide bonds. The minimum atomic E-state index is -0.587. The van der Waals surface area contributed by atoms with Gasteiger partial charge in [0.25, 0.3) is 0 Å². The first kappa shape index (κ1) is 12.0. The number of benzene rings is 1. The predicted molar refractivity (Wildman–Crippen MR) is 62.5 cm³/mol. The molecule has 1 aromatic carbocycles. The number of aromatic nitrogens is 2. The van der Waals surface area contributed by atoms with Gasteiger partial charge in [-0.1, -0.05) is 0 Å². The smallest absolute Gasteiger partial charge is 0.145 e. The monoisotopic (exact) mass is 243 g/mol. The van der Waals surface area contributed by atoms with Crippen molar-refractivity contribution in [1.29, 1.82) is 5.26 Å². The molecule has 0 aliphatic rings. The van der Waals surface area contributed by atoms with E-state index in [1.165, 1.54) is 13.2 Å². The zero-order chi connectivity index (χ0) is 13.0. The maximum absolute atomic E-state index is 13.7. The van der Waals surface area contributed by atoms with Crippen LogP contribution in [0.15, 0.2) is 30.7 Å². The van der Waals surface area contributed by atoms with E-state index in [1.54, 1.807) is 30.7 Å². The van der Waals surface area contributed by atoms with Gasteiger partial charge in [-0.3, -0.25) is 9.97 Å². The van der Waals surface area contributed by atoms with Gasteiger partial charge in [-0.05, 0) is 17.7 Å². The number of halogens is 1. The van der Waals surface area contributed by atoms with E-state index in [-0.39, 0.29) is 11.3 Å². The Bertz CT molecular complexity index is 593. The summed E-state index contributed by atoms with van der Waals surface area (Å²) in [5, 5.41) is 8.82. The highest BCUT2D eigenvalue weighted by molar-refractivity contribution is 5.47. The second-order valence-electron chi connectivity index (χ2n) is 3.64. The van der Waals surface area contributed by atoms with Gasteiger partial charge in [-0.15, -0.1) is 0 Å². The molecule has 0 atom stereocenters. The zero-order valence-corrected chi connectivity index (χ0v) is 9.72. The number of nitriles is 1. The van der Waals surface area contributed by atoms with E-state index in [0.717, 1.165) is 5.69 Å². The van der Waals surface area contributed by atoms with Gasteiger partial charge in [0, 0.05) is 25.0 Å². The molecule has 0 aliphatic carbocycles. The molecule has 90 valence electrons. The van der Waals surface area contributed by atoms with Crippen LogP contribution in [-0.2, 0) is 6.42 Å². The summed E-state index contributed by atoms with van der Waals surface area (Å²) in [6.07, 6.45) is 5.20. The van der Waals surface area contributed by atoms with Gasteiger partial charge in [0.05, 0.1) is 12.8 Å². The van der Waals surface area contributed by atoms with Crippen LogP contribution in [0.4, 0.5) is 4.39 Å². The molecule has 4 nitrogen and oxygen atoms in total. The van der Waals surface area contributed by atoms with Gasteiger partial charge in [-0.25, -0.2) is 4.39 Å². The molecule has 5 heteroatoms. The maximum Gasteiger partial charge on any atom is 0.145 e. The SMILES string of the molecule is COc1cc(Cc2cnccn2)cc(F)c1C#N. The average Bonchev–Trinajstić information content (AvgIpc) is 2.39. The molecule has 0 spiro atoms. The van der Waals surface area contributed by atoms with Crippen LogP contribution in [0.2, 0.25) is 0 Å². The Hall–Kier alpha value is -2.48. The van der Waals surface area contributed by atoms with E-state index in [2.05, 4.69) is 9.97 Å². The number of hydrogen-bond donors (Lipinski definition) is 0. The lowest BCUT2D eigenvalue weighted by Gasteiger charge is -2.07. The van der Waals surface area contributed by atoms with Crippen molar-refractivity contribution in [3.63, 3.8) is 0 Å². The Morgan fingerprint density at radius 1 is 1.39 bits per heavy atom. The fraction of sp³-hybridized carbons (Fsp3) is 0.154. The van der Waals surface area contributed by atoms with Crippen molar-refractivity contribution in [2.24, 2.45) is 0 Å². The van der Waals surface area contributed by atoms with Crippen LogP contribution < -0.4 is 4.74 Å².